The molecule has 5 nitrogen and oxygen atoms in total. The summed E-state index contributed by atoms with van der Waals surface area (Å²) in [7, 11) is 0. The molecule has 0 saturated carbocycles. The molecule has 0 aliphatic carbocycles. The fraction of sp³-hybridized carbons (Fsp3) is 0.267. The molecule has 0 atom stereocenters. The van der Waals surface area contributed by atoms with Gasteiger partial charge in [0.2, 0.25) is 5.91 Å². The van der Waals surface area contributed by atoms with Crippen LogP contribution < -0.4 is 5.32 Å². The molecule has 0 spiro atoms. The molecular weight excluding hydrogens is 286 g/mol. The molecule has 1 aromatic heterocycles. The minimum Gasteiger partial charge on any atom is -0.441 e. The van der Waals surface area contributed by atoms with Crippen LogP contribution in [0.15, 0.2) is 45.9 Å². The van der Waals surface area contributed by atoms with Crippen LogP contribution >= 0.6 is 11.8 Å². The van der Waals surface area contributed by atoms with Gasteiger partial charge in [-0.2, -0.15) is 0 Å². The van der Waals surface area contributed by atoms with E-state index in [1.165, 1.54) is 0 Å². The van der Waals surface area contributed by atoms with Gasteiger partial charge in [-0.1, -0.05) is 42.1 Å². The number of nitrogens with one attached hydrogen (secondary N) is 1. The fourth-order valence-corrected chi connectivity index (χ4v) is 2.72. The van der Waals surface area contributed by atoms with Gasteiger partial charge in [0.25, 0.3) is 0 Å². The molecule has 1 aliphatic rings. The zero-order valence-corrected chi connectivity index (χ0v) is 12.2. The van der Waals surface area contributed by atoms with E-state index in [0.29, 0.717) is 18.7 Å². The Kier molecular flexibility index (Phi) is 4.35. The summed E-state index contributed by atoms with van der Waals surface area (Å²) in [6.07, 6.45) is 2.52. The largest absolute Gasteiger partial charge is 0.441 e. The Morgan fingerprint density at radius 1 is 1.33 bits per heavy atom. The zero-order valence-electron chi connectivity index (χ0n) is 11.4. The summed E-state index contributed by atoms with van der Waals surface area (Å²) < 4.78 is 5.66. The van der Waals surface area contributed by atoms with E-state index in [0.717, 1.165) is 28.8 Å². The SMILES string of the molecule is O=C(CCc1ncc(-c2ccccc2)o1)NC1=NCCS1. The summed E-state index contributed by atoms with van der Waals surface area (Å²) in [6.45, 7) is 0.778. The monoisotopic (exact) mass is 301 g/mol. The van der Waals surface area contributed by atoms with E-state index < -0.39 is 0 Å². The third kappa shape index (κ3) is 3.72. The number of carbonyl (C=O) groups is 1. The standard InChI is InChI=1S/C15H15N3O2S/c19-13(18-15-16-8-9-21-15)6-7-14-17-10-12(20-14)11-4-2-1-3-5-11/h1-5,10H,6-9H2,(H,16,18,19). The van der Waals surface area contributed by atoms with E-state index in [2.05, 4.69) is 15.3 Å². The lowest BCUT2D eigenvalue weighted by molar-refractivity contribution is -0.119. The van der Waals surface area contributed by atoms with E-state index in [1.807, 2.05) is 30.3 Å². The van der Waals surface area contributed by atoms with Gasteiger partial charge in [0.05, 0.1) is 12.7 Å². The summed E-state index contributed by atoms with van der Waals surface area (Å²) in [5, 5.41) is 3.51. The van der Waals surface area contributed by atoms with Crippen molar-refractivity contribution in [3.63, 3.8) is 0 Å². The molecule has 1 amide bonds. The summed E-state index contributed by atoms with van der Waals surface area (Å²) in [5.41, 5.74) is 0.984. The second kappa shape index (κ2) is 6.58. The van der Waals surface area contributed by atoms with Gasteiger partial charge >= 0.3 is 0 Å². The molecule has 0 fully saturated rings. The van der Waals surface area contributed by atoms with Crippen LogP contribution in [0.25, 0.3) is 11.3 Å². The highest BCUT2D eigenvalue weighted by atomic mass is 32.2. The van der Waals surface area contributed by atoms with Crippen LogP contribution in [0.2, 0.25) is 0 Å². The highest BCUT2D eigenvalue weighted by Gasteiger charge is 2.12. The van der Waals surface area contributed by atoms with Crippen molar-refractivity contribution in [2.24, 2.45) is 4.99 Å². The molecule has 0 unspecified atom stereocenters. The number of carbonyl (C=O) groups excluding carboxylic acids is 1. The van der Waals surface area contributed by atoms with Crippen molar-refractivity contribution in [2.45, 2.75) is 12.8 Å². The molecule has 21 heavy (non-hydrogen) atoms. The Morgan fingerprint density at radius 2 is 2.19 bits per heavy atom. The first kappa shape index (κ1) is 13.9. The average molecular weight is 301 g/mol. The number of aliphatic imine (C=N–C) groups is 1. The van der Waals surface area contributed by atoms with Crippen molar-refractivity contribution in [1.29, 1.82) is 0 Å². The Balaban J connectivity index is 1.54. The van der Waals surface area contributed by atoms with Gasteiger partial charge < -0.3 is 9.73 Å². The van der Waals surface area contributed by atoms with Crippen molar-refractivity contribution < 1.29 is 9.21 Å². The predicted octanol–water partition coefficient (Wildman–Crippen LogP) is 2.49. The zero-order chi connectivity index (χ0) is 14.5. The quantitative estimate of drug-likeness (QED) is 0.942. The highest BCUT2D eigenvalue weighted by molar-refractivity contribution is 8.14. The maximum Gasteiger partial charge on any atom is 0.226 e. The summed E-state index contributed by atoms with van der Waals surface area (Å²) in [4.78, 5) is 20.2. The predicted molar refractivity (Wildman–Crippen MR) is 83.2 cm³/mol. The molecule has 0 bridgehead atoms. The normalized spacial score (nSPS) is 14.0. The van der Waals surface area contributed by atoms with Crippen molar-refractivity contribution >= 4 is 22.8 Å². The lowest BCUT2D eigenvalue weighted by Crippen LogP contribution is -2.27. The van der Waals surface area contributed by atoms with Gasteiger partial charge in [0, 0.05) is 24.2 Å². The Bertz CT molecular complexity index is 652. The van der Waals surface area contributed by atoms with Crippen LogP contribution in [-0.2, 0) is 11.2 Å². The maximum absolute atomic E-state index is 11.8. The van der Waals surface area contributed by atoms with E-state index >= 15 is 0 Å². The number of benzene rings is 1. The topological polar surface area (TPSA) is 67.5 Å². The summed E-state index contributed by atoms with van der Waals surface area (Å²) in [5.74, 6) is 2.19. The third-order valence-electron chi connectivity index (χ3n) is 3.01. The van der Waals surface area contributed by atoms with Gasteiger partial charge in [-0.15, -0.1) is 0 Å². The molecule has 1 aliphatic heterocycles. The van der Waals surface area contributed by atoms with Gasteiger partial charge in [-0.05, 0) is 0 Å². The molecular formula is C15H15N3O2S. The molecule has 1 N–H and O–H groups in total. The number of thioether (sulfide) groups is 1. The van der Waals surface area contributed by atoms with Gasteiger partial charge in [-0.25, -0.2) is 4.98 Å². The first-order chi connectivity index (χ1) is 10.3. The van der Waals surface area contributed by atoms with Gasteiger partial charge in [0.15, 0.2) is 16.8 Å². The van der Waals surface area contributed by atoms with E-state index in [1.54, 1.807) is 18.0 Å². The van der Waals surface area contributed by atoms with Crippen LogP contribution in [0.4, 0.5) is 0 Å². The van der Waals surface area contributed by atoms with Crippen LogP contribution in [-0.4, -0.2) is 28.4 Å². The third-order valence-corrected chi connectivity index (χ3v) is 3.90. The Hall–Kier alpha value is -2.08. The summed E-state index contributed by atoms with van der Waals surface area (Å²) in [6, 6.07) is 9.78. The molecule has 1 aromatic carbocycles. The average Bonchev–Trinajstić information content (AvgIpc) is 3.17. The van der Waals surface area contributed by atoms with Crippen LogP contribution in [0.1, 0.15) is 12.3 Å². The fourth-order valence-electron chi connectivity index (χ4n) is 1.97. The smallest absolute Gasteiger partial charge is 0.226 e. The van der Waals surface area contributed by atoms with Crippen molar-refractivity contribution in [3.05, 3.63) is 42.4 Å². The molecule has 108 valence electrons. The Morgan fingerprint density at radius 3 is 2.95 bits per heavy atom. The van der Waals surface area contributed by atoms with Crippen LogP contribution in [0.5, 0.6) is 0 Å². The van der Waals surface area contributed by atoms with Crippen LogP contribution in [0.3, 0.4) is 0 Å². The molecule has 0 radical (unpaired) electrons. The van der Waals surface area contributed by atoms with Gasteiger partial charge in [-0.3, -0.25) is 9.79 Å². The van der Waals surface area contributed by atoms with Crippen LogP contribution in [0, 0.1) is 0 Å². The first-order valence-corrected chi connectivity index (χ1v) is 7.77. The second-order valence-electron chi connectivity index (χ2n) is 4.57. The number of aromatic nitrogens is 1. The molecule has 0 saturated heterocycles. The maximum atomic E-state index is 11.8. The molecule has 3 rings (SSSR count). The first-order valence-electron chi connectivity index (χ1n) is 6.78. The van der Waals surface area contributed by atoms with E-state index in [9.17, 15) is 4.79 Å². The minimum atomic E-state index is -0.0531. The molecule has 2 aromatic rings. The lowest BCUT2D eigenvalue weighted by Gasteiger charge is -2.02. The number of oxazole rings is 1. The van der Waals surface area contributed by atoms with Crippen molar-refractivity contribution in [3.8, 4) is 11.3 Å². The number of aryl methyl sites for hydroxylation is 1. The number of hydrogen-bond acceptors (Lipinski definition) is 5. The highest BCUT2D eigenvalue weighted by Crippen LogP contribution is 2.20. The number of rotatable bonds is 4. The Labute approximate surface area is 126 Å². The van der Waals surface area contributed by atoms with E-state index in [-0.39, 0.29) is 5.91 Å². The van der Waals surface area contributed by atoms with Crippen molar-refractivity contribution in [2.75, 3.05) is 12.3 Å². The minimum absolute atomic E-state index is 0.0531. The lowest BCUT2D eigenvalue weighted by atomic mass is 10.2. The second-order valence-corrected chi connectivity index (χ2v) is 5.65. The summed E-state index contributed by atoms with van der Waals surface area (Å²) >= 11 is 1.57. The van der Waals surface area contributed by atoms with Crippen molar-refractivity contribution in [1.82, 2.24) is 10.3 Å². The number of amidine groups is 1. The molecule has 6 heteroatoms. The number of hydrogen-bond donors (Lipinski definition) is 1. The number of amides is 1. The molecule has 2 heterocycles. The van der Waals surface area contributed by atoms with E-state index in [4.69, 9.17) is 4.42 Å². The van der Waals surface area contributed by atoms with Gasteiger partial charge in [0.1, 0.15) is 0 Å². The number of nitrogens with zero attached hydrogens (tertiary/aromatic N) is 2.